The molecule has 2 aromatic carbocycles. The molecule has 0 radical (unpaired) electrons. The number of carbonyl (C=O) groups excluding carboxylic acids is 2. The highest BCUT2D eigenvalue weighted by Gasteiger charge is 2.20. The highest BCUT2D eigenvalue weighted by Crippen LogP contribution is 2.22. The molecule has 1 unspecified atom stereocenters. The van der Waals surface area contributed by atoms with Crippen LogP contribution in [0.1, 0.15) is 37.0 Å². The number of hydrogen-bond acceptors (Lipinski definition) is 5. The smallest absolute Gasteiger partial charge is 0.347 e. The van der Waals surface area contributed by atoms with Gasteiger partial charge in [0.2, 0.25) is 0 Å². The molecule has 1 N–H and O–H groups in total. The van der Waals surface area contributed by atoms with Gasteiger partial charge in [-0.25, -0.2) is 9.59 Å². The number of unbranched alkanes of at least 4 members (excludes halogenated alkanes) is 1. The summed E-state index contributed by atoms with van der Waals surface area (Å²) in [6, 6.07) is 13.6. The average Bonchev–Trinajstić information content (AvgIpc) is 2.62. The van der Waals surface area contributed by atoms with E-state index in [4.69, 9.17) is 9.47 Å². The largest absolute Gasteiger partial charge is 0.508 e. The summed E-state index contributed by atoms with van der Waals surface area (Å²) in [6.45, 7) is 3.83. The van der Waals surface area contributed by atoms with Crippen LogP contribution in [-0.4, -0.2) is 29.8 Å². The molecule has 0 aliphatic rings. The lowest BCUT2D eigenvalue weighted by Gasteiger charge is -2.13. The van der Waals surface area contributed by atoms with Gasteiger partial charge in [0.05, 0.1) is 12.2 Å². The number of rotatable bonds is 7. The second kappa shape index (κ2) is 8.87. The number of esters is 2. The zero-order chi connectivity index (χ0) is 18.2. The molecule has 0 fully saturated rings. The summed E-state index contributed by atoms with van der Waals surface area (Å²) < 4.78 is 10.2. The summed E-state index contributed by atoms with van der Waals surface area (Å²) in [6.07, 6.45) is 0.765. The van der Waals surface area contributed by atoms with Crippen molar-refractivity contribution in [1.29, 1.82) is 0 Å². The maximum atomic E-state index is 12.1. The molecule has 0 saturated heterocycles. The van der Waals surface area contributed by atoms with Gasteiger partial charge in [0.15, 0.2) is 6.10 Å². The van der Waals surface area contributed by atoms with Crippen molar-refractivity contribution < 1.29 is 24.2 Å². The van der Waals surface area contributed by atoms with E-state index in [1.807, 2.05) is 6.92 Å². The van der Waals surface area contributed by atoms with Crippen molar-refractivity contribution >= 4 is 11.9 Å². The van der Waals surface area contributed by atoms with E-state index in [2.05, 4.69) is 0 Å². The molecule has 5 heteroatoms. The molecule has 0 saturated carbocycles. The van der Waals surface area contributed by atoms with Crippen molar-refractivity contribution in [3.05, 3.63) is 54.1 Å². The summed E-state index contributed by atoms with van der Waals surface area (Å²) in [5.74, 6) is -0.913. The molecule has 0 spiro atoms. The monoisotopic (exact) mass is 342 g/mol. The van der Waals surface area contributed by atoms with E-state index in [-0.39, 0.29) is 5.75 Å². The Morgan fingerprint density at radius 1 is 1.00 bits per heavy atom. The number of aromatic hydroxyl groups is 1. The van der Waals surface area contributed by atoms with Crippen LogP contribution in [-0.2, 0) is 14.3 Å². The van der Waals surface area contributed by atoms with E-state index in [1.54, 1.807) is 48.5 Å². The summed E-state index contributed by atoms with van der Waals surface area (Å²) in [5, 5.41) is 9.32. The number of phenols is 1. The average molecular weight is 342 g/mol. The van der Waals surface area contributed by atoms with Gasteiger partial charge in [0, 0.05) is 0 Å². The Bertz CT molecular complexity index is 704. The fourth-order valence-corrected chi connectivity index (χ4v) is 2.16. The summed E-state index contributed by atoms with van der Waals surface area (Å²) in [7, 11) is 0. The molecule has 0 amide bonds. The number of benzene rings is 2. The summed E-state index contributed by atoms with van der Waals surface area (Å²) in [5.41, 5.74) is 2.19. The minimum Gasteiger partial charge on any atom is -0.508 e. The number of carbonyl (C=O) groups is 2. The normalized spacial score (nSPS) is 11.6. The van der Waals surface area contributed by atoms with E-state index < -0.39 is 18.0 Å². The fraction of sp³-hybridized carbons (Fsp3) is 0.300. The van der Waals surface area contributed by atoms with Crippen LogP contribution >= 0.6 is 0 Å². The first-order chi connectivity index (χ1) is 12.0. The minimum absolute atomic E-state index is 0.198. The lowest BCUT2D eigenvalue weighted by atomic mass is 10.0. The van der Waals surface area contributed by atoms with Gasteiger partial charge in [-0.05, 0) is 48.7 Å². The first-order valence-corrected chi connectivity index (χ1v) is 8.28. The van der Waals surface area contributed by atoms with E-state index in [0.29, 0.717) is 12.2 Å². The number of hydrogen-bond donors (Lipinski definition) is 1. The third-order valence-electron chi connectivity index (χ3n) is 3.68. The van der Waals surface area contributed by atoms with E-state index >= 15 is 0 Å². The highest BCUT2D eigenvalue weighted by molar-refractivity contribution is 5.92. The van der Waals surface area contributed by atoms with Gasteiger partial charge < -0.3 is 14.6 Å². The maximum absolute atomic E-state index is 12.1. The van der Waals surface area contributed by atoms with Crippen LogP contribution in [0.3, 0.4) is 0 Å². The summed E-state index contributed by atoms with van der Waals surface area (Å²) >= 11 is 0. The number of ether oxygens (including phenoxy) is 2. The van der Waals surface area contributed by atoms with Gasteiger partial charge in [-0.2, -0.15) is 0 Å². The molecule has 5 nitrogen and oxygen atoms in total. The van der Waals surface area contributed by atoms with Gasteiger partial charge in [-0.3, -0.25) is 0 Å². The zero-order valence-corrected chi connectivity index (χ0v) is 14.4. The first kappa shape index (κ1) is 18.5. The van der Waals surface area contributed by atoms with Crippen LogP contribution in [0.25, 0.3) is 11.1 Å². The van der Waals surface area contributed by atoms with E-state index in [9.17, 15) is 14.7 Å². The standard InChI is InChI=1S/C20H22O5/c1-3-4-13-24-19(22)14(2)25-20(23)17-7-5-15(6-8-17)16-9-11-18(21)12-10-16/h5-12,14,21H,3-4,13H2,1-2H3. The minimum atomic E-state index is -0.943. The molecule has 2 aromatic rings. The third kappa shape index (κ3) is 5.35. The van der Waals surface area contributed by atoms with Crippen LogP contribution in [0.4, 0.5) is 0 Å². The molecular weight excluding hydrogens is 320 g/mol. The fourth-order valence-electron chi connectivity index (χ4n) is 2.16. The Hall–Kier alpha value is -2.82. The zero-order valence-electron chi connectivity index (χ0n) is 14.4. The lowest BCUT2D eigenvalue weighted by molar-refractivity contribution is -0.153. The van der Waals surface area contributed by atoms with Crippen molar-refractivity contribution in [2.24, 2.45) is 0 Å². The van der Waals surface area contributed by atoms with Gasteiger partial charge in [0.25, 0.3) is 0 Å². The molecule has 25 heavy (non-hydrogen) atoms. The van der Waals surface area contributed by atoms with Gasteiger partial charge in [-0.15, -0.1) is 0 Å². The molecule has 0 aliphatic carbocycles. The molecule has 0 aliphatic heterocycles. The molecule has 132 valence electrons. The Morgan fingerprint density at radius 2 is 1.56 bits per heavy atom. The Kier molecular flexibility index (Phi) is 6.57. The third-order valence-corrected chi connectivity index (χ3v) is 3.68. The topological polar surface area (TPSA) is 72.8 Å². The quantitative estimate of drug-likeness (QED) is 0.609. The predicted octanol–water partition coefficient (Wildman–Crippen LogP) is 3.95. The Balaban J connectivity index is 1.95. The molecular formula is C20H22O5. The van der Waals surface area contributed by atoms with E-state index in [1.165, 1.54) is 6.92 Å². The second-order valence-corrected chi connectivity index (χ2v) is 5.69. The van der Waals surface area contributed by atoms with Gasteiger partial charge >= 0.3 is 11.9 Å². The molecule has 1 atom stereocenters. The van der Waals surface area contributed by atoms with Crippen molar-refractivity contribution in [2.75, 3.05) is 6.61 Å². The van der Waals surface area contributed by atoms with Crippen molar-refractivity contribution in [2.45, 2.75) is 32.8 Å². The van der Waals surface area contributed by atoms with Crippen molar-refractivity contribution in [3.8, 4) is 16.9 Å². The molecule has 0 aromatic heterocycles. The summed E-state index contributed by atoms with van der Waals surface area (Å²) in [4.78, 5) is 23.9. The second-order valence-electron chi connectivity index (χ2n) is 5.69. The number of phenolic OH excluding ortho intramolecular Hbond substituents is 1. The van der Waals surface area contributed by atoms with Crippen molar-refractivity contribution in [3.63, 3.8) is 0 Å². The lowest BCUT2D eigenvalue weighted by Crippen LogP contribution is -2.26. The van der Waals surface area contributed by atoms with Crippen LogP contribution in [0, 0.1) is 0 Å². The Morgan fingerprint density at radius 3 is 2.12 bits per heavy atom. The maximum Gasteiger partial charge on any atom is 0.347 e. The highest BCUT2D eigenvalue weighted by atomic mass is 16.6. The first-order valence-electron chi connectivity index (χ1n) is 8.28. The van der Waals surface area contributed by atoms with Crippen LogP contribution in [0.5, 0.6) is 5.75 Å². The van der Waals surface area contributed by atoms with Gasteiger partial charge in [0.1, 0.15) is 5.75 Å². The van der Waals surface area contributed by atoms with Gasteiger partial charge in [-0.1, -0.05) is 37.6 Å². The van der Waals surface area contributed by atoms with Crippen LogP contribution < -0.4 is 0 Å². The van der Waals surface area contributed by atoms with Crippen LogP contribution in [0.15, 0.2) is 48.5 Å². The molecule has 0 bridgehead atoms. The molecule has 2 rings (SSSR count). The van der Waals surface area contributed by atoms with Crippen molar-refractivity contribution in [1.82, 2.24) is 0 Å². The predicted molar refractivity (Wildman–Crippen MR) is 94.3 cm³/mol. The Labute approximate surface area is 147 Å². The van der Waals surface area contributed by atoms with Crippen LogP contribution in [0.2, 0.25) is 0 Å². The van der Waals surface area contributed by atoms with E-state index in [0.717, 1.165) is 24.0 Å². The molecule has 0 heterocycles. The SMILES string of the molecule is CCCCOC(=O)C(C)OC(=O)c1ccc(-c2ccc(O)cc2)cc1.